The molecule has 0 aliphatic heterocycles. The largest absolute Gasteiger partial charge is 0.415 e. The second-order valence-electron chi connectivity index (χ2n) is 4.23. The molecule has 0 aromatic heterocycles. The van der Waals surface area contributed by atoms with E-state index < -0.39 is 8.32 Å². The fourth-order valence-corrected chi connectivity index (χ4v) is 4.20. The van der Waals surface area contributed by atoms with Gasteiger partial charge >= 0.3 is 0 Å². The highest BCUT2D eigenvalue weighted by Crippen LogP contribution is 2.17. The SMILES string of the molecule is CCCC(C)O[Si](C)(C)CCC. The molecular weight excluding hydrogens is 164 g/mol. The molecule has 12 heavy (non-hydrogen) atoms. The minimum Gasteiger partial charge on any atom is -0.415 e. The maximum absolute atomic E-state index is 6.06. The number of hydrogen-bond acceptors (Lipinski definition) is 1. The molecule has 0 aliphatic rings. The summed E-state index contributed by atoms with van der Waals surface area (Å²) in [4.78, 5) is 0. The minimum absolute atomic E-state index is 0.475. The second-order valence-corrected chi connectivity index (χ2v) is 8.48. The third-order valence-corrected chi connectivity index (χ3v) is 4.81. The van der Waals surface area contributed by atoms with Crippen LogP contribution >= 0.6 is 0 Å². The Bertz CT molecular complexity index is 112. The van der Waals surface area contributed by atoms with E-state index in [0.717, 1.165) is 0 Å². The molecule has 0 saturated heterocycles. The van der Waals surface area contributed by atoms with Crippen LogP contribution in [0.25, 0.3) is 0 Å². The van der Waals surface area contributed by atoms with E-state index in [-0.39, 0.29) is 0 Å². The molecule has 0 N–H and O–H groups in total. The lowest BCUT2D eigenvalue weighted by Crippen LogP contribution is -2.33. The van der Waals surface area contributed by atoms with Gasteiger partial charge in [-0.25, -0.2) is 0 Å². The smallest absolute Gasteiger partial charge is 0.187 e. The number of hydrogen-bond donors (Lipinski definition) is 0. The average molecular weight is 188 g/mol. The third kappa shape index (κ3) is 5.78. The van der Waals surface area contributed by atoms with Crippen LogP contribution in [0.2, 0.25) is 19.1 Å². The molecule has 1 atom stereocenters. The van der Waals surface area contributed by atoms with Crippen LogP contribution in [0, 0.1) is 0 Å². The first kappa shape index (κ1) is 12.2. The second kappa shape index (κ2) is 5.76. The van der Waals surface area contributed by atoms with Gasteiger partial charge in [0.25, 0.3) is 0 Å². The average Bonchev–Trinajstić information content (AvgIpc) is 1.85. The predicted molar refractivity (Wildman–Crippen MR) is 58.0 cm³/mol. The van der Waals surface area contributed by atoms with Crippen LogP contribution in [0.3, 0.4) is 0 Å². The quantitative estimate of drug-likeness (QED) is 0.576. The highest BCUT2D eigenvalue weighted by atomic mass is 28.4. The Morgan fingerprint density at radius 2 is 1.75 bits per heavy atom. The van der Waals surface area contributed by atoms with Crippen LogP contribution in [0.1, 0.15) is 40.0 Å². The van der Waals surface area contributed by atoms with Crippen molar-refractivity contribution in [3.8, 4) is 0 Å². The van der Waals surface area contributed by atoms with Gasteiger partial charge in [0.2, 0.25) is 0 Å². The van der Waals surface area contributed by atoms with E-state index >= 15 is 0 Å². The van der Waals surface area contributed by atoms with Crippen molar-refractivity contribution in [2.24, 2.45) is 0 Å². The number of rotatable bonds is 6. The molecule has 0 aliphatic carbocycles. The zero-order chi connectivity index (χ0) is 9.61. The fourth-order valence-electron chi connectivity index (χ4n) is 1.67. The third-order valence-electron chi connectivity index (χ3n) is 2.07. The van der Waals surface area contributed by atoms with Crippen LogP contribution in [-0.2, 0) is 4.43 Å². The Balaban J connectivity index is 3.70. The first-order chi connectivity index (χ1) is 5.52. The molecule has 0 radical (unpaired) electrons. The van der Waals surface area contributed by atoms with Gasteiger partial charge in [0, 0.05) is 6.10 Å². The maximum Gasteiger partial charge on any atom is 0.187 e. The molecule has 0 spiro atoms. The molecule has 0 bridgehead atoms. The normalized spacial score (nSPS) is 14.8. The van der Waals surface area contributed by atoms with E-state index in [1.807, 2.05) is 0 Å². The molecule has 74 valence electrons. The van der Waals surface area contributed by atoms with E-state index in [4.69, 9.17) is 4.43 Å². The van der Waals surface area contributed by atoms with Gasteiger partial charge in [0.05, 0.1) is 0 Å². The van der Waals surface area contributed by atoms with E-state index in [1.54, 1.807) is 0 Å². The standard InChI is InChI=1S/C10H24OSi/c1-6-8-10(3)11-12(4,5)9-7-2/h10H,6-9H2,1-5H3. The molecule has 0 rings (SSSR count). The molecule has 0 fully saturated rings. The summed E-state index contributed by atoms with van der Waals surface area (Å²) < 4.78 is 6.06. The van der Waals surface area contributed by atoms with Gasteiger partial charge in [-0.1, -0.05) is 26.7 Å². The first-order valence-electron chi connectivity index (χ1n) is 5.19. The molecule has 1 unspecified atom stereocenters. The highest BCUT2D eigenvalue weighted by Gasteiger charge is 2.23. The zero-order valence-electron chi connectivity index (χ0n) is 9.31. The molecule has 0 aromatic carbocycles. The van der Waals surface area contributed by atoms with Gasteiger partial charge < -0.3 is 4.43 Å². The summed E-state index contributed by atoms with van der Waals surface area (Å²) in [7, 11) is -1.30. The Labute approximate surface area is 78.6 Å². The molecule has 2 heteroatoms. The van der Waals surface area contributed by atoms with E-state index in [9.17, 15) is 0 Å². The van der Waals surface area contributed by atoms with Crippen LogP contribution < -0.4 is 0 Å². The summed E-state index contributed by atoms with van der Waals surface area (Å²) in [5.74, 6) is 0. The molecule has 0 saturated carbocycles. The van der Waals surface area contributed by atoms with Crippen molar-refractivity contribution in [3.05, 3.63) is 0 Å². The summed E-state index contributed by atoms with van der Waals surface area (Å²) in [6.07, 6.45) is 4.18. The van der Waals surface area contributed by atoms with Crippen molar-refractivity contribution in [1.29, 1.82) is 0 Å². The van der Waals surface area contributed by atoms with E-state index in [0.29, 0.717) is 6.10 Å². The maximum atomic E-state index is 6.06. The summed E-state index contributed by atoms with van der Waals surface area (Å²) in [6, 6.07) is 1.29. The summed E-state index contributed by atoms with van der Waals surface area (Å²) in [6.45, 7) is 11.3. The van der Waals surface area contributed by atoms with Gasteiger partial charge in [-0.05, 0) is 32.5 Å². The zero-order valence-corrected chi connectivity index (χ0v) is 10.3. The first-order valence-corrected chi connectivity index (χ1v) is 8.31. The van der Waals surface area contributed by atoms with Crippen LogP contribution in [-0.4, -0.2) is 14.4 Å². The Morgan fingerprint density at radius 1 is 1.17 bits per heavy atom. The monoisotopic (exact) mass is 188 g/mol. The molecule has 1 nitrogen and oxygen atoms in total. The Kier molecular flexibility index (Phi) is 5.84. The minimum atomic E-state index is -1.30. The molecule has 0 amide bonds. The lowest BCUT2D eigenvalue weighted by atomic mass is 10.2. The topological polar surface area (TPSA) is 9.23 Å². The van der Waals surface area contributed by atoms with Crippen molar-refractivity contribution < 1.29 is 4.43 Å². The van der Waals surface area contributed by atoms with Gasteiger partial charge in [-0.3, -0.25) is 0 Å². The van der Waals surface area contributed by atoms with E-state index in [1.165, 1.54) is 25.3 Å². The van der Waals surface area contributed by atoms with Crippen molar-refractivity contribution in [2.75, 3.05) is 0 Å². The predicted octanol–water partition coefficient (Wildman–Crippen LogP) is 3.81. The Morgan fingerprint density at radius 3 is 2.17 bits per heavy atom. The van der Waals surface area contributed by atoms with Gasteiger partial charge in [-0.2, -0.15) is 0 Å². The van der Waals surface area contributed by atoms with Crippen molar-refractivity contribution >= 4 is 8.32 Å². The molecular formula is C10H24OSi. The van der Waals surface area contributed by atoms with Gasteiger partial charge in [0.15, 0.2) is 8.32 Å². The highest BCUT2D eigenvalue weighted by molar-refractivity contribution is 6.71. The summed E-state index contributed by atoms with van der Waals surface area (Å²) in [5, 5.41) is 0. The Hall–Kier alpha value is 0.177. The summed E-state index contributed by atoms with van der Waals surface area (Å²) >= 11 is 0. The lowest BCUT2D eigenvalue weighted by molar-refractivity contribution is 0.199. The van der Waals surface area contributed by atoms with Crippen molar-refractivity contribution in [2.45, 2.75) is 65.3 Å². The molecule has 0 aromatic rings. The van der Waals surface area contributed by atoms with Crippen molar-refractivity contribution in [1.82, 2.24) is 0 Å². The lowest BCUT2D eigenvalue weighted by Gasteiger charge is -2.26. The van der Waals surface area contributed by atoms with Crippen LogP contribution in [0.15, 0.2) is 0 Å². The molecule has 0 heterocycles. The van der Waals surface area contributed by atoms with Crippen LogP contribution in [0.4, 0.5) is 0 Å². The van der Waals surface area contributed by atoms with Gasteiger partial charge in [-0.15, -0.1) is 0 Å². The summed E-state index contributed by atoms with van der Waals surface area (Å²) in [5.41, 5.74) is 0. The van der Waals surface area contributed by atoms with Crippen LogP contribution in [0.5, 0.6) is 0 Å². The van der Waals surface area contributed by atoms with E-state index in [2.05, 4.69) is 33.9 Å². The van der Waals surface area contributed by atoms with Crippen molar-refractivity contribution in [3.63, 3.8) is 0 Å². The fraction of sp³-hybridized carbons (Fsp3) is 1.00. The van der Waals surface area contributed by atoms with Gasteiger partial charge in [0.1, 0.15) is 0 Å².